The Morgan fingerprint density at radius 1 is 1.19 bits per heavy atom. The van der Waals surface area contributed by atoms with Gasteiger partial charge in [0, 0.05) is 19.4 Å². The van der Waals surface area contributed by atoms with Gasteiger partial charge in [-0.3, -0.25) is 14.5 Å². The van der Waals surface area contributed by atoms with Gasteiger partial charge in [-0.25, -0.2) is 0 Å². The van der Waals surface area contributed by atoms with Crippen LogP contribution >= 0.6 is 0 Å². The third-order valence-electron chi connectivity index (χ3n) is 2.85. The lowest BCUT2D eigenvalue weighted by molar-refractivity contribution is -0.152. The fourth-order valence-electron chi connectivity index (χ4n) is 2.01. The number of rotatable bonds is 4. The highest BCUT2D eigenvalue weighted by atomic mass is 16.2. The van der Waals surface area contributed by atoms with Gasteiger partial charge in [-0.15, -0.1) is 0 Å². The largest absolute Gasteiger partial charge is 0.309 e. The first-order valence-electron chi connectivity index (χ1n) is 5.80. The summed E-state index contributed by atoms with van der Waals surface area (Å²) in [5, 5.41) is 0. The summed E-state index contributed by atoms with van der Waals surface area (Å²) in [5.41, 5.74) is -0.161. The summed E-state index contributed by atoms with van der Waals surface area (Å²) < 4.78 is 0. The van der Waals surface area contributed by atoms with Crippen LogP contribution in [0.4, 0.5) is 0 Å². The molecule has 0 saturated carbocycles. The van der Waals surface area contributed by atoms with Crippen LogP contribution in [0.1, 0.15) is 33.1 Å². The van der Waals surface area contributed by atoms with Gasteiger partial charge in [0.25, 0.3) is 0 Å². The standard InChI is InChI=1S/C12H22N2O2/c1-12(2)8-10(15)14(11(16)9-12)7-5-6-13(3)4/h5-9H2,1-4H3. The van der Waals surface area contributed by atoms with E-state index in [9.17, 15) is 9.59 Å². The Morgan fingerprint density at radius 3 is 2.12 bits per heavy atom. The summed E-state index contributed by atoms with van der Waals surface area (Å²) in [7, 11) is 3.98. The van der Waals surface area contributed by atoms with E-state index in [0.29, 0.717) is 19.4 Å². The average Bonchev–Trinajstić information content (AvgIpc) is 2.07. The molecule has 0 aromatic rings. The number of nitrogens with zero attached hydrogens (tertiary/aromatic N) is 2. The normalized spacial score (nSPS) is 20.7. The van der Waals surface area contributed by atoms with Crippen molar-refractivity contribution >= 4 is 11.8 Å². The average molecular weight is 226 g/mol. The van der Waals surface area contributed by atoms with Crippen molar-refractivity contribution in [1.29, 1.82) is 0 Å². The first kappa shape index (κ1) is 13.2. The lowest BCUT2D eigenvalue weighted by atomic mass is 9.82. The number of amides is 2. The Hall–Kier alpha value is -0.900. The molecule has 92 valence electrons. The summed E-state index contributed by atoms with van der Waals surface area (Å²) in [4.78, 5) is 27.1. The molecule has 1 saturated heterocycles. The maximum Gasteiger partial charge on any atom is 0.229 e. The van der Waals surface area contributed by atoms with E-state index in [1.807, 2.05) is 27.9 Å². The SMILES string of the molecule is CN(C)CCCN1C(=O)CC(C)(C)CC1=O. The van der Waals surface area contributed by atoms with Crippen molar-refractivity contribution < 1.29 is 9.59 Å². The fraction of sp³-hybridized carbons (Fsp3) is 0.833. The molecule has 0 aliphatic carbocycles. The minimum atomic E-state index is -0.161. The second-order valence-electron chi connectivity index (χ2n) is 5.61. The van der Waals surface area contributed by atoms with Gasteiger partial charge in [0.2, 0.25) is 11.8 Å². The number of likely N-dealkylation sites (tertiary alicyclic amines) is 1. The Morgan fingerprint density at radius 2 is 1.69 bits per heavy atom. The van der Waals surface area contributed by atoms with Gasteiger partial charge in [-0.05, 0) is 32.5 Å². The van der Waals surface area contributed by atoms with Crippen LogP contribution in [-0.4, -0.2) is 48.8 Å². The number of piperidine rings is 1. The molecule has 4 heteroatoms. The summed E-state index contributed by atoms with van der Waals surface area (Å²) in [6, 6.07) is 0. The number of hydrogen-bond acceptors (Lipinski definition) is 3. The predicted molar refractivity (Wildman–Crippen MR) is 62.9 cm³/mol. The van der Waals surface area contributed by atoms with Gasteiger partial charge < -0.3 is 4.90 Å². The summed E-state index contributed by atoms with van der Waals surface area (Å²) >= 11 is 0. The van der Waals surface area contributed by atoms with Crippen molar-refractivity contribution in [3.8, 4) is 0 Å². The van der Waals surface area contributed by atoms with Gasteiger partial charge in [-0.1, -0.05) is 13.8 Å². The van der Waals surface area contributed by atoms with Crippen LogP contribution in [0, 0.1) is 5.41 Å². The number of imide groups is 1. The molecule has 1 aliphatic rings. The zero-order valence-corrected chi connectivity index (χ0v) is 10.7. The molecule has 1 rings (SSSR count). The van der Waals surface area contributed by atoms with Gasteiger partial charge >= 0.3 is 0 Å². The third-order valence-corrected chi connectivity index (χ3v) is 2.85. The molecule has 0 aromatic heterocycles. The van der Waals surface area contributed by atoms with E-state index in [0.717, 1.165) is 13.0 Å². The van der Waals surface area contributed by atoms with Crippen molar-refractivity contribution in [3.05, 3.63) is 0 Å². The second kappa shape index (κ2) is 4.95. The topological polar surface area (TPSA) is 40.6 Å². The molecule has 0 aromatic carbocycles. The van der Waals surface area contributed by atoms with Crippen LogP contribution in [0.2, 0.25) is 0 Å². The van der Waals surface area contributed by atoms with Gasteiger partial charge in [0.15, 0.2) is 0 Å². The summed E-state index contributed by atoms with van der Waals surface area (Å²) in [6.07, 6.45) is 1.83. The molecule has 0 unspecified atom stereocenters. The van der Waals surface area contributed by atoms with E-state index < -0.39 is 0 Å². The first-order chi connectivity index (χ1) is 7.32. The molecule has 16 heavy (non-hydrogen) atoms. The van der Waals surface area contributed by atoms with Crippen LogP contribution in [0.25, 0.3) is 0 Å². The lowest BCUT2D eigenvalue weighted by Crippen LogP contribution is -2.46. The Kier molecular flexibility index (Phi) is 4.08. The fourth-order valence-corrected chi connectivity index (χ4v) is 2.01. The molecule has 0 atom stereocenters. The molecule has 0 bridgehead atoms. The van der Waals surface area contributed by atoms with Crippen molar-refractivity contribution in [2.24, 2.45) is 5.41 Å². The minimum Gasteiger partial charge on any atom is -0.309 e. The molecule has 0 spiro atoms. The molecule has 1 heterocycles. The molecule has 4 nitrogen and oxygen atoms in total. The van der Waals surface area contributed by atoms with Crippen LogP contribution in [0.3, 0.4) is 0 Å². The number of hydrogen-bond donors (Lipinski definition) is 0. The molecular formula is C12H22N2O2. The Balaban J connectivity index is 2.48. The minimum absolute atomic E-state index is 0.0139. The maximum absolute atomic E-state index is 11.8. The smallest absolute Gasteiger partial charge is 0.229 e. The van der Waals surface area contributed by atoms with Crippen LogP contribution in [-0.2, 0) is 9.59 Å². The van der Waals surface area contributed by atoms with Crippen LogP contribution in [0.5, 0.6) is 0 Å². The highest BCUT2D eigenvalue weighted by Crippen LogP contribution is 2.31. The molecular weight excluding hydrogens is 204 g/mol. The summed E-state index contributed by atoms with van der Waals surface area (Å²) in [5.74, 6) is -0.0278. The van der Waals surface area contributed by atoms with Crippen molar-refractivity contribution in [2.75, 3.05) is 27.2 Å². The Labute approximate surface area is 97.6 Å². The molecule has 0 N–H and O–H groups in total. The van der Waals surface area contributed by atoms with E-state index in [1.165, 1.54) is 4.90 Å². The second-order valence-corrected chi connectivity index (χ2v) is 5.61. The van der Waals surface area contributed by atoms with Gasteiger partial charge in [0.1, 0.15) is 0 Å². The molecule has 1 aliphatic heterocycles. The zero-order valence-electron chi connectivity index (χ0n) is 10.7. The van der Waals surface area contributed by atoms with E-state index in [1.54, 1.807) is 0 Å². The lowest BCUT2D eigenvalue weighted by Gasteiger charge is -2.34. The van der Waals surface area contributed by atoms with Crippen molar-refractivity contribution in [1.82, 2.24) is 9.80 Å². The van der Waals surface area contributed by atoms with E-state index in [2.05, 4.69) is 4.90 Å². The van der Waals surface area contributed by atoms with Crippen LogP contribution < -0.4 is 0 Å². The quantitative estimate of drug-likeness (QED) is 0.674. The van der Waals surface area contributed by atoms with Gasteiger partial charge in [0.05, 0.1) is 0 Å². The molecule has 2 amide bonds. The number of carbonyl (C=O) groups is 2. The summed E-state index contributed by atoms with van der Waals surface area (Å²) in [6.45, 7) is 5.41. The first-order valence-corrected chi connectivity index (χ1v) is 5.80. The van der Waals surface area contributed by atoms with E-state index in [-0.39, 0.29) is 17.2 Å². The van der Waals surface area contributed by atoms with Crippen molar-refractivity contribution in [3.63, 3.8) is 0 Å². The maximum atomic E-state index is 11.8. The highest BCUT2D eigenvalue weighted by molar-refractivity contribution is 5.98. The van der Waals surface area contributed by atoms with E-state index in [4.69, 9.17) is 0 Å². The molecule has 1 fully saturated rings. The number of carbonyl (C=O) groups excluding carboxylic acids is 2. The van der Waals surface area contributed by atoms with Gasteiger partial charge in [-0.2, -0.15) is 0 Å². The zero-order chi connectivity index (χ0) is 12.3. The third kappa shape index (κ3) is 3.59. The Bertz CT molecular complexity index is 265. The van der Waals surface area contributed by atoms with Crippen molar-refractivity contribution in [2.45, 2.75) is 33.1 Å². The van der Waals surface area contributed by atoms with Crippen LogP contribution in [0.15, 0.2) is 0 Å². The predicted octanol–water partition coefficient (Wildman–Crippen LogP) is 1.11. The molecule has 0 radical (unpaired) electrons. The monoisotopic (exact) mass is 226 g/mol. The highest BCUT2D eigenvalue weighted by Gasteiger charge is 2.36. The van der Waals surface area contributed by atoms with E-state index >= 15 is 0 Å².